The number of nitro groups is 1. The molecule has 1 aromatic carbocycles. The van der Waals surface area contributed by atoms with Gasteiger partial charge in [0.15, 0.2) is 5.82 Å². The van der Waals surface area contributed by atoms with Gasteiger partial charge >= 0.3 is 5.69 Å². The summed E-state index contributed by atoms with van der Waals surface area (Å²) in [5, 5.41) is 21.3. The van der Waals surface area contributed by atoms with Gasteiger partial charge in [-0.05, 0) is 12.1 Å². The predicted octanol–water partition coefficient (Wildman–Crippen LogP) is 3.12. The van der Waals surface area contributed by atoms with Crippen molar-refractivity contribution in [3.63, 3.8) is 0 Å². The predicted molar refractivity (Wildman–Crippen MR) is 95.3 cm³/mol. The van der Waals surface area contributed by atoms with Gasteiger partial charge in [-0.3, -0.25) is 24.3 Å². The Hall–Kier alpha value is -2.98. The van der Waals surface area contributed by atoms with Crippen LogP contribution in [-0.4, -0.2) is 30.4 Å². The molecule has 0 aliphatic rings. The fraction of sp³-hybridized carbons (Fsp3) is 0.133. The molecule has 0 radical (unpaired) electrons. The number of rotatable bonds is 6. The number of nitrogens with zero attached hydrogens (tertiary/aromatic N) is 5. The van der Waals surface area contributed by atoms with Gasteiger partial charge in [0.2, 0.25) is 5.91 Å². The van der Waals surface area contributed by atoms with E-state index in [4.69, 9.17) is 23.2 Å². The molecule has 0 bridgehead atoms. The fourth-order valence-corrected chi connectivity index (χ4v) is 2.68. The maximum absolute atomic E-state index is 13.9. The first-order valence-electron chi connectivity index (χ1n) is 7.46. The van der Waals surface area contributed by atoms with E-state index >= 15 is 0 Å². The smallest absolute Gasteiger partial charge is 0.306 e. The third-order valence-corrected chi connectivity index (χ3v) is 4.12. The van der Waals surface area contributed by atoms with E-state index in [-0.39, 0.29) is 40.2 Å². The summed E-state index contributed by atoms with van der Waals surface area (Å²) in [7, 11) is 0. The van der Waals surface area contributed by atoms with E-state index in [0.29, 0.717) is 0 Å². The Labute approximate surface area is 161 Å². The van der Waals surface area contributed by atoms with Crippen molar-refractivity contribution in [1.29, 1.82) is 0 Å². The Bertz CT molecular complexity index is 999. The van der Waals surface area contributed by atoms with Crippen LogP contribution >= 0.6 is 23.2 Å². The standard InChI is InChI=1S/C15H11Cl2FN6O3/c16-11-2-1-3-13(18)10(11)6-23-7-12(17)15(21-23)20-14(25)8-22-5-9(4-19-22)24(26)27/h1-5,7H,6,8H2,(H,20,21,25). The van der Waals surface area contributed by atoms with E-state index in [0.717, 1.165) is 17.1 Å². The molecule has 140 valence electrons. The lowest BCUT2D eigenvalue weighted by Gasteiger charge is -2.06. The van der Waals surface area contributed by atoms with Crippen LogP contribution in [-0.2, 0) is 17.9 Å². The minimum absolute atomic E-state index is 0.0203. The average Bonchev–Trinajstić information content (AvgIpc) is 3.18. The molecule has 9 nitrogen and oxygen atoms in total. The van der Waals surface area contributed by atoms with Crippen molar-refractivity contribution < 1.29 is 14.1 Å². The lowest BCUT2D eigenvalue weighted by Crippen LogP contribution is -2.19. The van der Waals surface area contributed by atoms with Gasteiger partial charge in [-0.1, -0.05) is 29.3 Å². The minimum atomic E-state index is -0.617. The number of hydrogen-bond acceptors (Lipinski definition) is 5. The monoisotopic (exact) mass is 412 g/mol. The molecule has 0 fully saturated rings. The molecule has 0 saturated heterocycles. The zero-order chi connectivity index (χ0) is 19.6. The van der Waals surface area contributed by atoms with Crippen molar-refractivity contribution in [2.75, 3.05) is 5.32 Å². The summed E-state index contributed by atoms with van der Waals surface area (Å²) in [5.41, 5.74) is 0.00642. The maximum Gasteiger partial charge on any atom is 0.307 e. The van der Waals surface area contributed by atoms with Crippen LogP contribution in [0.15, 0.2) is 36.8 Å². The van der Waals surface area contributed by atoms with Crippen LogP contribution < -0.4 is 5.32 Å². The summed E-state index contributed by atoms with van der Waals surface area (Å²) in [6.45, 7) is -0.247. The van der Waals surface area contributed by atoms with Crippen LogP contribution in [0.2, 0.25) is 10.0 Å². The van der Waals surface area contributed by atoms with Crippen molar-refractivity contribution >= 4 is 40.6 Å². The molecule has 3 rings (SSSR count). The van der Waals surface area contributed by atoms with E-state index < -0.39 is 16.6 Å². The van der Waals surface area contributed by atoms with Gasteiger partial charge in [-0.2, -0.15) is 10.2 Å². The molecule has 1 amide bonds. The van der Waals surface area contributed by atoms with Crippen LogP contribution in [0.1, 0.15) is 5.56 Å². The first-order chi connectivity index (χ1) is 12.8. The Kier molecular flexibility index (Phi) is 5.38. The number of nitrogens with one attached hydrogen (secondary N) is 1. The zero-order valence-corrected chi connectivity index (χ0v) is 15.0. The van der Waals surface area contributed by atoms with E-state index in [1.54, 1.807) is 6.07 Å². The number of carbonyl (C=O) groups excluding carboxylic acids is 1. The average molecular weight is 413 g/mol. The van der Waals surface area contributed by atoms with E-state index in [1.165, 1.54) is 23.0 Å². The molecule has 12 heteroatoms. The van der Waals surface area contributed by atoms with E-state index in [9.17, 15) is 19.3 Å². The molecular weight excluding hydrogens is 402 g/mol. The van der Waals surface area contributed by atoms with Gasteiger partial charge < -0.3 is 5.32 Å². The second kappa shape index (κ2) is 7.72. The number of carbonyl (C=O) groups is 1. The summed E-state index contributed by atoms with van der Waals surface area (Å²) < 4.78 is 16.3. The highest BCUT2D eigenvalue weighted by atomic mass is 35.5. The van der Waals surface area contributed by atoms with Gasteiger partial charge in [-0.15, -0.1) is 0 Å². The minimum Gasteiger partial charge on any atom is -0.306 e. The number of anilines is 1. The number of amides is 1. The van der Waals surface area contributed by atoms with Gasteiger partial charge in [0.1, 0.15) is 29.8 Å². The molecule has 27 heavy (non-hydrogen) atoms. The van der Waals surface area contributed by atoms with E-state index in [1.807, 2.05) is 0 Å². The van der Waals surface area contributed by atoms with Gasteiger partial charge in [-0.25, -0.2) is 4.39 Å². The summed E-state index contributed by atoms with van der Waals surface area (Å²) in [5.74, 6) is -0.958. The topological polar surface area (TPSA) is 108 Å². The normalized spacial score (nSPS) is 10.8. The molecule has 0 aliphatic heterocycles. The Morgan fingerprint density at radius 1 is 1.26 bits per heavy atom. The van der Waals surface area contributed by atoms with Crippen molar-refractivity contribution in [2.45, 2.75) is 13.1 Å². The maximum atomic E-state index is 13.9. The molecule has 1 N–H and O–H groups in total. The number of benzene rings is 1. The van der Waals surface area contributed by atoms with Crippen LogP contribution in [0, 0.1) is 15.9 Å². The van der Waals surface area contributed by atoms with Crippen LogP contribution in [0.4, 0.5) is 15.9 Å². The SMILES string of the molecule is O=C(Cn1cc([N+](=O)[O-])cn1)Nc1nn(Cc2c(F)cccc2Cl)cc1Cl. The molecule has 0 atom stereocenters. The number of halogens is 3. The van der Waals surface area contributed by atoms with Crippen molar-refractivity contribution in [2.24, 2.45) is 0 Å². The molecule has 0 aliphatic carbocycles. The van der Waals surface area contributed by atoms with Crippen LogP contribution in [0.25, 0.3) is 0 Å². The van der Waals surface area contributed by atoms with Gasteiger partial charge in [0.25, 0.3) is 0 Å². The summed E-state index contributed by atoms with van der Waals surface area (Å²) >= 11 is 12.0. The second-order valence-corrected chi connectivity index (χ2v) is 6.24. The third-order valence-electron chi connectivity index (χ3n) is 3.49. The Balaban J connectivity index is 1.69. The second-order valence-electron chi connectivity index (χ2n) is 5.42. The summed E-state index contributed by atoms with van der Waals surface area (Å²) in [4.78, 5) is 22.1. The van der Waals surface area contributed by atoms with Crippen molar-refractivity contribution in [1.82, 2.24) is 19.6 Å². The first kappa shape index (κ1) is 18.8. The number of aromatic nitrogens is 4. The molecule has 0 unspecified atom stereocenters. The highest BCUT2D eigenvalue weighted by Crippen LogP contribution is 2.23. The van der Waals surface area contributed by atoms with Gasteiger partial charge in [0.05, 0.1) is 11.5 Å². The van der Waals surface area contributed by atoms with Crippen molar-refractivity contribution in [3.8, 4) is 0 Å². The zero-order valence-electron chi connectivity index (χ0n) is 13.5. The van der Waals surface area contributed by atoms with Gasteiger partial charge in [0, 0.05) is 16.8 Å². The molecular formula is C15H11Cl2FN6O3. The largest absolute Gasteiger partial charge is 0.307 e. The lowest BCUT2D eigenvalue weighted by atomic mass is 10.2. The first-order valence-corrected chi connectivity index (χ1v) is 8.21. The van der Waals surface area contributed by atoms with E-state index in [2.05, 4.69) is 15.5 Å². The molecule has 3 aromatic rings. The fourth-order valence-electron chi connectivity index (χ4n) is 2.26. The highest BCUT2D eigenvalue weighted by Gasteiger charge is 2.15. The van der Waals surface area contributed by atoms with Crippen LogP contribution in [0.3, 0.4) is 0 Å². The summed E-state index contributed by atoms with van der Waals surface area (Å²) in [6.07, 6.45) is 3.58. The van der Waals surface area contributed by atoms with Crippen molar-refractivity contribution in [3.05, 3.63) is 68.3 Å². The highest BCUT2D eigenvalue weighted by molar-refractivity contribution is 6.33. The Morgan fingerprint density at radius 2 is 2.04 bits per heavy atom. The molecule has 2 aromatic heterocycles. The number of hydrogen-bond donors (Lipinski definition) is 1. The third kappa shape index (κ3) is 4.41. The Morgan fingerprint density at radius 3 is 2.70 bits per heavy atom. The quantitative estimate of drug-likeness (QED) is 0.494. The lowest BCUT2D eigenvalue weighted by molar-refractivity contribution is -0.385. The molecule has 0 spiro atoms. The van der Waals surface area contributed by atoms with Crippen LogP contribution in [0.5, 0.6) is 0 Å². The summed E-state index contributed by atoms with van der Waals surface area (Å²) in [6, 6.07) is 4.32. The molecule has 2 heterocycles. The molecule has 0 saturated carbocycles.